The quantitative estimate of drug-likeness (QED) is 0.775. The summed E-state index contributed by atoms with van der Waals surface area (Å²) in [6.45, 7) is 0.209. The molecule has 1 aromatic heterocycles. The number of nitrogens with zero attached hydrogens (tertiary/aromatic N) is 2. The van der Waals surface area contributed by atoms with E-state index in [1.807, 2.05) is 0 Å². The van der Waals surface area contributed by atoms with Gasteiger partial charge in [-0.05, 0) is 22.9 Å². The molecule has 78 valence electrons. The Hall–Kier alpha value is -0.850. The molecule has 14 heavy (non-hydrogen) atoms. The predicted octanol–water partition coefficient (Wildman–Crippen LogP) is 2.49. The van der Waals surface area contributed by atoms with Gasteiger partial charge in [-0.15, -0.1) is 0 Å². The lowest BCUT2D eigenvalue weighted by molar-refractivity contribution is -0.154. The smallest absolute Gasteiger partial charge is 0.422 e. The number of hydrogen-bond acceptors (Lipinski definition) is 3. The molecular weight excluding hydrogens is 265 g/mol. The molecule has 0 aromatic carbocycles. The van der Waals surface area contributed by atoms with Gasteiger partial charge in [0, 0.05) is 6.07 Å². The minimum Gasteiger partial charge on any atom is -0.468 e. The Labute approximate surface area is 86.4 Å². The Morgan fingerprint density at radius 1 is 1.43 bits per heavy atom. The number of aryl methyl sites for hydroxylation is 1. The fraction of sp³-hybridized carbons (Fsp3) is 0.429. The average molecular weight is 271 g/mol. The topological polar surface area (TPSA) is 35.0 Å². The van der Waals surface area contributed by atoms with Crippen molar-refractivity contribution in [1.82, 2.24) is 9.97 Å². The molecular formula is C7H6BrF3N2O. The minimum atomic E-state index is -4.36. The van der Waals surface area contributed by atoms with Crippen molar-refractivity contribution < 1.29 is 17.9 Å². The number of hydrogen-bond donors (Lipinski definition) is 0. The Morgan fingerprint density at radius 3 is 2.57 bits per heavy atom. The molecule has 0 saturated carbocycles. The lowest BCUT2D eigenvalue weighted by Crippen LogP contribution is -2.19. The lowest BCUT2D eigenvalue weighted by atomic mass is 10.6. The fourth-order valence-electron chi connectivity index (χ4n) is 0.735. The third-order valence-electron chi connectivity index (χ3n) is 1.17. The fourth-order valence-corrected chi connectivity index (χ4v) is 1.19. The van der Waals surface area contributed by atoms with Gasteiger partial charge in [0.25, 0.3) is 0 Å². The van der Waals surface area contributed by atoms with Crippen LogP contribution in [-0.4, -0.2) is 22.8 Å². The van der Waals surface area contributed by atoms with Crippen LogP contribution < -0.4 is 4.74 Å². The van der Waals surface area contributed by atoms with Gasteiger partial charge in [0.05, 0.1) is 0 Å². The van der Waals surface area contributed by atoms with Crippen LogP contribution in [0.4, 0.5) is 13.2 Å². The van der Waals surface area contributed by atoms with Gasteiger partial charge in [0.1, 0.15) is 10.4 Å². The van der Waals surface area contributed by atoms with Gasteiger partial charge in [-0.1, -0.05) is 0 Å². The lowest BCUT2D eigenvalue weighted by Gasteiger charge is -2.08. The molecule has 0 aliphatic rings. The zero-order chi connectivity index (χ0) is 10.8. The monoisotopic (exact) mass is 270 g/mol. The average Bonchev–Trinajstić information content (AvgIpc) is 1.97. The Bertz CT molecular complexity index is 309. The number of aromatic nitrogens is 2. The van der Waals surface area contributed by atoms with Crippen molar-refractivity contribution in [3.8, 4) is 5.88 Å². The van der Waals surface area contributed by atoms with E-state index in [4.69, 9.17) is 0 Å². The van der Waals surface area contributed by atoms with Crippen molar-refractivity contribution >= 4 is 15.9 Å². The Morgan fingerprint density at radius 2 is 2.07 bits per heavy atom. The summed E-state index contributed by atoms with van der Waals surface area (Å²) in [5, 5.41) is 0. The molecule has 0 spiro atoms. The molecule has 0 aliphatic heterocycles. The van der Waals surface area contributed by atoms with Crippen molar-refractivity contribution in [3.63, 3.8) is 0 Å². The molecule has 0 atom stereocenters. The SMILES string of the molecule is Cc1nc(Br)cc(OCC(F)(F)F)n1. The highest BCUT2D eigenvalue weighted by atomic mass is 79.9. The van der Waals surface area contributed by atoms with Crippen LogP contribution in [0.3, 0.4) is 0 Å². The second-order valence-electron chi connectivity index (χ2n) is 2.48. The second kappa shape index (κ2) is 4.12. The zero-order valence-corrected chi connectivity index (χ0v) is 8.68. The van der Waals surface area contributed by atoms with Gasteiger partial charge in [0.15, 0.2) is 6.61 Å². The summed E-state index contributed by atoms with van der Waals surface area (Å²) >= 11 is 3.02. The minimum absolute atomic E-state index is 0.0956. The third kappa shape index (κ3) is 3.91. The molecule has 0 fully saturated rings. The number of alkyl halides is 3. The largest absolute Gasteiger partial charge is 0.468 e. The predicted molar refractivity (Wildman–Crippen MR) is 46.0 cm³/mol. The molecule has 0 N–H and O–H groups in total. The molecule has 3 nitrogen and oxygen atoms in total. The molecule has 0 unspecified atom stereocenters. The molecule has 0 radical (unpaired) electrons. The van der Waals surface area contributed by atoms with E-state index >= 15 is 0 Å². The first-order valence-electron chi connectivity index (χ1n) is 3.57. The van der Waals surface area contributed by atoms with Gasteiger partial charge in [-0.25, -0.2) is 4.98 Å². The normalized spacial score (nSPS) is 11.5. The maximum atomic E-state index is 11.8. The van der Waals surface area contributed by atoms with Gasteiger partial charge >= 0.3 is 6.18 Å². The van der Waals surface area contributed by atoms with Gasteiger partial charge < -0.3 is 4.74 Å². The van der Waals surface area contributed by atoms with Crippen LogP contribution in [-0.2, 0) is 0 Å². The molecule has 0 bridgehead atoms. The number of rotatable bonds is 2. The van der Waals surface area contributed by atoms with E-state index in [0.717, 1.165) is 0 Å². The van der Waals surface area contributed by atoms with Gasteiger partial charge in [0.2, 0.25) is 5.88 Å². The van der Waals surface area contributed by atoms with Crippen LogP contribution in [0.2, 0.25) is 0 Å². The first-order chi connectivity index (χ1) is 6.37. The first-order valence-corrected chi connectivity index (χ1v) is 4.37. The van der Waals surface area contributed by atoms with E-state index in [1.165, 1.54) is 6.07 Å². The zero-order valence-electron chi connectivity index (χ0n) is 7.10. The van der Waals surface area contributed by atoms with Crippen LogP contribution in [0.1, 0.15) is 5.82 Å². The van der Waals surface area contributed by atoms with Crippen LogP contribution in [0.5, 0.6) is 5.88 Å². The molecule has 1 heterocycles. The maximum Gasteiger partial charge on any atom is 0.422 e. The number of ether oxygens (including phenoxy) is 1. The third-order valence-corrected chi connectivity index (χ3v) is 1.57. The van der Waals surface area contributed by atoms with Crippen LogP contribution in [0.25, 0.3) is 0 Å². The summed E-state index contributed by atoms with van der Waals surface area (Å²) < 4.78 is 40.1. The molecule has 7 heteroatoms. The van der Waals surface area contributed by atoms with Crippen LogP contribution in [0, 0.1) is 6.92 Å². The van der Waals surface area contributed by atoms with E-state index < -0.39 is 12.8 Å². The van der Waals surface area contributed by atoms with Crippen molar-refractivity contribution in [1.29, 1.82) is 0 Å². The molecule has 1 rings (SSSR count). The summed E-state index contributed by atoms with van der Waals surface area (Å²) in [4.78, 5) is 7.50. The number of halogens is 4. The van der Waals surface area contributed by atoms with Crippen LogP contribution >= 0.6 is 15.9 Å². The van der Waals surface area contributed by atoms with E-state index in [0.29, 0.717) is 10.4 Å². The van der Waals surface area contributed by atoms with Crippen molar-refractivity contribution in [2.75, 3.05) is 6.61 Å². The van der Waals surface area contributed by atoms with Crippen LogP contribution in [0.15, 0.2) is 10.7 Å². The van der Waals surface area contributed by atoms with Gasteiger partial charge in [-0.3, -0.25) is 0 Å². The van der Waals surface area contributed by atoms with E-state index in [2.05, 4.69) is 30.6 Å². The molecule has 1 aromatic rings. The Kier molecular flexibility index (Phi) is 3.30. The van der Waals surface area contributed by atoms with Gasteiger partial charge in [-0.2, -0.15) is 18.2 Å². The van der Waals surface area contributed by atoms with Crippen molar-refractivity contribution in [3.05, 3.63) is 16.5 Å². The first kappa shape index (κ1) is 11.2. The summed E-state index contributed by atoms with van der Waals surface area (Å²) in [6.07, 6.45) is -4.36. The molecule has 0 saturated heterocycles. The van der Waals surface area contributed by atoms with E-state index in [1.54, 1.807) is 6.92 Å². The summed E-state index contributed by atoms with van der Waals surface area (Å²) in [5.74, 6) is 0.248. The van der Waals surface area contributed by atoms with Crippen molar-refractivity contribution in [2.45, 2.75) is 13.1 Å². The molecule has 0 aliphatic carbocycles. The van der Waals surface area contributed by atoms with E-state index in [-0.39, 0.29) is 5.88 Å². The summed E-state index contributed by atoms with van der Waals surface area (Å²) in [7, 11) is 0. The van der Waals surface area contributed by atoms with Crippen molar-refractivity contribution in [2.24, 2.45) is 0 Å². The highest BCUT2D eigenvalue weighted by molar-refractivity contribution is 9.10. The maximum absolute atomic E-state index is 11.8. The Balaban J connectivity index is 2.68. The standard InChI is InChI=1S/C7H6BrF3N2O/c1-4-12-5(8)2-6(13-4)14-3-7(9,10)11/h2H,3H2,1H3. The summed E-state index contributed by atoms with van der Waals surface area (Å²) in [6, 6.07) is 1.28. The highest BCUT2D eigenvalue weighted by Gasteiger charge is 2.28. The highest BCUT2D eigenvalue weighted by Crippen LogP contribution is 2.18. The van der Waals surface area contributed by atoms with E-state index in [9.17, 15) is 13.2 Å². The molecule has 0 amide bonds. The summed E-state index contributed by atoms with van der Waals surface area (Å²) in [5.41, 5.74) is 0. The second-order valence-corrected chi connectivity index (χ2v) is 3.29.